The van der Waals surface area contributed by atoms with Gasteiger partial charge in [-0.2, -0.15) is 0 Å². The van der Waals surface area contributed by atoms with Crippen LogP contribution >= 0.6 is 0 Å². The Hall–Kier alpha value is -0.0400. The van der Waals surface area contributed by atoms with Crippen molar-refractivity contribution in [2.24, 2.45) is 23.7 Å². The monoisotopic (exact) mass is 265 g/mol. The van der Waals surface area contributed by atoms with Gasteiger partial charge in [0.2, 0.25) is 0 Å². The molecule has 0 spiro atoms. The Morgan fingerprint density at radius 3 is 1.89 bits per heavy atom. The Labute approximate surface area is 120 Å². The first kappa shape index (κ1) is 15.4. The van der Waals surface area contributed by atoms with Crippen molar-refractivity contribution in [2.45, 2.75) is 84.6 Å². The summed E-state index contributed by atoms with van der Waals surface area (Å²) in [4.78, 5) is 0. The summed E-state index contributed by atoms with van der Waals surface area (Å²) >= 11 is 0. The molecular weight excluding hydrogens is 230 g/mol. The minimum absolute atomic E-state index is 0.833. The second-order valence-corrected chi connectivity index (χ2v) is 7.12. The highest BCUT2D eigenvalue weighted by Crippen LogP contribution is 2.41. The maximum atomic E-state index is 3.87. The van der Waals surface area contributed by atoms with Crippen molar-refractivity contribution in [3.8, 4) is 0 Å². The Morgan fingerprint density at radius 2 is 1.37 bits per heavy atom. The van der Waals surface area contributed by atoms with Crippen LogP contribution in [0.3, 0.4) is 0 Å². The van der Waals surface area contributed by atoms with Crippen LogP contribution < -0.4 is 5.32 Å². The fourth-order valence-corrected chi connectivity index (χ4v) is 4.72. The highest BCUT2D eigenvalue weighted by molar-refractivity contribution is 4.90. The molecule has 0 radical (unpaired) electrons. The summed E-state index contributed by atoms with van der Waals surface area (Å²) in [6, 6.07) is 0.833. The zero-order chi connectivity index (χ0) is 13.7. The Bertz CT molecular complexity index is 242. The molecule has 2 rings (SSSR count). The van der Waals surface area contributed by atoms with Crippen LogP contribution in [0.5, 0.6) is 0 Å². The topological polar surface area (TPSA) is 12.0 Å². The van der Waals surface area contributed by atoms with Crippen LogP contribution in [-0.4, -0.2) is 12.6 Å². The van der Waals surface area contributed by atoms with E-state index in [2.05, 4.69) is 26.1 Å². The molecule has 19 heavy (non-hydrogen) atoms. The fourth-order valence-electron chi connectivity index (χ4n) is 4.72. The van der Waals surface area contributed by atoms with Crippen molar-refractivity contribution in [1.82, 2.24) is 5.32 Å². The first-order valence-electron chi connectivity index (χ1n) is 9.01. The Balaban J connectivity index is 1.89. The van der Waals surface area contributed by atoms with Gasteiger partial charge in [0, 0.05) is 6.04 Å². The van der Waals surface area contributed by atoms with Gasteiger partial charge >= 0.3 is 0 Å². The SMILES string of the molecule is CCNC(C1CCC(CC)CC1)C1CCC(CC)C1. The molecule has 112 valence electrons. The van der Waals surface area contributed by atoms with Gasteiger partial charge < -0.3 is 5.32 Å². The number of hydrogen-bond donors (Lipinski definition) is 1. The van der Waals surface area contributed by atoms with E-state index in [1.165, 1.54) is 57.8 Å². The molecule has 2 aliphatic rings. The maximum Gasteiger partial charge on any atom is 0.0124 e. The molecule has 2 saturated carbocycles. The van der Waals surface area contributed by atoms with E-state index in [0.29, 0.717) is 0 Å². The van der Waals surface area contributed by atoms with E-state index in [-0.39, 0.29) is 0 Å². The number of hydrogen-bond acceptors (Lipinski definition) is 1. The predicted molar refractivity (Wildman–Crippen MR) is 84.3 cm³/mol. The van der Waals surface area contributed by atoms with Crippen LogP contribution in [0.1, 0.15) is 78.6 Å². The average molecular weight is 265 g/mol. The standard InChI is InChI=1S/C18H35N/c1-4-14-7-10-16(11-8-14)18(19-6-3)17-12-9-15(5-2)13-17/h14-19H,4-13H2,1-3H3. The second kappa shape index (κ2) is 7.67. The normalized spacial score (nSPS) is 37.4. The van der Waals surface area contributed by atoms with Gasteiger partial charge in [-0.25, -0.2) is 0 Å². The van der Waals surface area contributed by atoms with E-state index in [1.807, 2.05) is 0 Å². The van der Waals surface area contributed by atoms with E-state index in [9.17, 15) is 0 Å². The lowest BCUT2D eigenvalue weighted by Gasteiger charge is -2.37. The maximum absolute atomic E-state index is 3.87. The van der Waals surface area contributed by atoms with E-state index >= 15 is 0 Å². The highest BCUT2D eigenvalue weighted by atomic mass is 14.9. The van der Waals surface area contributed by atoms with Crippen LogP contribution in [0, 0.1) is 23.7 Å². The summed E-state index contributed by atoms with van der Waals surface area (Å²) in [5.41, 5.74) is 0. The molecule has 3 unspecified atom stereocenters. The molecule has 1 nitrogen and oxygen atoms in total. The molecule has 1 N–H and O–H groups in total. The van der Waals surface area contributed by atoms with Crippen LogP contribution in [0.2, 0.25) is 0 Å². The quantitative estimate of drug-likeness (QED) is 0.712. The van der Waals surface area contributed by atoms with E-state index in [0.717, 1.165) is 36.3 Å². The number of rotatable bonds is 6. The smallest absolute Gasteiger partial charge is 0.0124 e. The molecule has 2 fully saturated rings. The molecule has 0 aromatic heterocycles. The molecule has 0 heterocycles. The van der Waals surface area contributed by atoms with Gasteiger partial charge in [0.25, 0.3) is 0 Å². The van der Waals surface area contributed by atoms with E-state index in [1.54, 1.807) is 0 Å². The van der Waals surface area contributed by atoms with Crippen LogP contribution in [0.15, 0.2) is 0 Å². The molecule has 0 bridgehead atoms. The molecule has 1 heteroatoms. The van der Waals surface area contributed by atoms with Gasteiger partial charge in [-0.05, 0) is 55.9 Å². The molecule has 0 saturated heterocycles. The van der Waals surface area contributed by atoms with Crippen molar-refractivity contribution in [2.75, 3.05) is 6.54 Å². The molecule has 0 amide bonds. The van der Waals surface area contributed by atoms with Gasteiger partial charge in [-0.3, -0.25) is 0 Å². The summed E-state index contributed by atoms with van der Waals surface area (Å²) in [5, 5.41) is 3.87. The zero-order valence-electron chi connectivity index (χ0n) is 13.5. The van der Waals surface area contributed by atoms with Gasteiger partial charge in [-0.1, -0.05) is 52.9 Å². The Kier molecular flexibility index (Phi) is 6.19. The van der Waals surface area contributed by atoms with Gasteiger partial charge in [0.15, 0.2) is 0 Å². The van der Waals surface area contributed by atoms with E-state index < -0.39 is 0 Å². The van der Waals surface area contributed by atoms with Crippen molar-refractivity contribution in [1.29, 1.82) is 0 Å². The van der Waals surface area contributed by atoms with Crippen LogP contribution in [0.4, 0.5) is 0 Å². The van der Waals surface area contributed by atoms with Gasteiger partial charge in [0.1, 0.15) is 0 Å². The molecule has 0 aliphatic heterocycles. The summed E-state index contributed by atoms with van der Waals surface area (Å²) in [6.07, 6.45) is 13.3. The first-order chi connectivity index (χ1) is 9.28. The van der Waals surface area contributed by atoms with Crippen LogP contribution in [0.25, 0.3) is 0 Å². The van der Waals surface area contributed by atoms with Crippen molar-refractivity contribution < 1.29 is 0 Å². The third-order valence-electron chi connectivity index (χ3n) is 6.08. The van der Waals surface area contributed by atoms with Crippen molar-refractivity contribution in [3.05, 3.63) is 0 Å². The lowest BCUT2D eigenvalue weighted by Crippen LogP contribution is -2.43. The van der Waals surface area contributed by atoms with Crippen molar-refractivity contribution in [3.63, 3.8) is 0 Å². The molecule has 3 atom stereocenters. The third kappa shape index (κ3) is 3.97. The van der Waals surface area contributed by atoms with Crippen molar-refractivity contribution >= 4 is 0 Å². The largest absolute Gasteiger partial charge is 0.314 e. The lowest BCUT2D eigenvalue weighted by molar-refractivity contribution is 0.175. The molecule has 2 aliphatic carbocycles. The van der Waals surface area contributed by atoms with Gasteiger partial charge in [0.05, 0.1) is 0 Å². The van der Waals surface area contributed by atoms with E-state index in [4.69, 9.17) is 0 Å². The first-order valence-corrected chi connectivity index (χ1v) is 9.01. The lowest BCUT2D eigenvalue weighted by atomic mass is 9.74. The predicted octanol–water partition coefficient (Wildman–Crippen LogP) is 5.01. The molecule has 0 aromatic rings. The summed E-state index contributed by atoms with van der Waals surface area (Å²) in [5.74, 6) is 4.01. The van der Waals surface area contributed by atoms with Gasteiger partial charge in [-0.15, -0.1) is 0 Å². The van der Waals surface area contributed by atoms with Crippen LogP contribution in [-0.2, 0) is 0 Å². The Morgan fingerprint density at radius 1 is 0.789 bits per heavy atom. The second-order valence-electron chi connectivity index (χ2n) is 7.12. The summed E-state index contributed by atoms with van der Waals surface area (Å²) in [6.45, 7) is 8.19. The highest BCUT2D eigenvalue weighted by Gasteiger charge is 2.35. The summed E-state index contributed by atoms with van der Waals surface area (Å²) < 4.78 is 0. The molecular formula is C18H35N. The zero-order valence-corrected chi connectivity index (χ0v) is 13.5. The number of nitrogens with one attached hydrogen (secondary N) is 1. The minimum atomic E-state index is 0.833. The third-order valence-corrected chi connectivity index (χ3v) is 6.08. The molecule has 0 aromatic carbocycles. The summed E-state index contributed by atoms with van der Waals surface area (Å²) in [7, 11) is 0. The average Bonchev–Trinajstić information content (AvgIpc) is 2.93. The fraction of sp³-hybridized carbons (Fsp3) is 1.00. The minimum Gasteiger partial charge on any atom is -0.314 e.